The largest absolute Gasteiger partial charge is 0.352 e. The van der Waals surface area contributed by atoms with E-state index >= 15 is 0 Å². The third-order valence-electron chi connectivity index (χ3n) is 4.34. The van der Waals surface area contributed by atoms with E-state index in [0.717, 1.165) is 11.3 Å². The van der Waals surface area contributed by atoms with Crippen molar-refractivity contribution in [3.63, 3.8) is 0 Å². The number of carbonyl (C=O) groups excluding carboxylic acids is 2. The van der Waals surface area contributed by atoms with Gasteiger partial charge in [0.25, 0.3) is 0 Å². The van der Waals surface area contributed by atoms with Crippen LogP contribution in [0.3, 0.4) is 0 Å². The van der Waals surface area contributed by atoms with Crippen LogP contribution in [0, 0.1) is 5.92 Å². The lowest BCUT2D eigenvalue weighted by molar-refractivity contribution is -0.126. The number of benzene rings is 1. The Labute approximate surface area is 154 Å². The van der Waals surface area contributed by atoms with Crippen molar-refractivity contribution < 1.29 is 9.59 Å². The summed E-state index contributed by atoms with van der Waals surface area (Å²) in [5, 5.41) is 9.67. The first-order valence-corrected chi connectivity index (χ1v) is 9.16. The summed E-state index contributed by atoms with van der Waals surface area (Å²) in [4.78, 5) is 30.5. The quantitative estimate of drug-likeness (QED) is 0.748. The summed E-state index contributed by atoms with van der Waals surface area (Å²) >= 11 is 1.40. The van der Waals surface area contributed by atoms with Crippen molar-refractivity contribution in [1.29, 1.82) is 0 Å². The van der Waals surface area contributed by atoms with Crippen LogP contribution in [-0.2, 0) is 16.1 Å². The Bertz CT molecular complexity index is 908. The molecule has 1 N–H and O–H groups in total. The van der Waals surface area contributed by atoms with Gasteiger partial charge in [0, 0.05) is 43.5 Å². The average Bonchev–Trinajstić information content (AvgIpc) is 3.40. The Morgan fingerprint density at radius 2 is 2.15 bits per heavy atom. The summed E-state index contributed by atoms with van der Waals surface area (Å²) in [7, 11) is 0. The van der Waals surface area contributed by atoms with Gasteiger partial charge in [-0.25, -0.2) is 9.67 Å². The van der Waals surface area contributed by atoms with Gasteiger partial charge >= 0.3 is 0 Å². The van der Waals surface area contributed by atoms with E-state index in [4.69, 9.17) is 0 Å². The Hall–Kier alpha value is -3.00. The smallest absolute Gasteiger partial charge is 0.229 e. The van der Waals surface area contributed by atoms with E-state index in [2.05, 4.69) is 15.4 Å². The number of thiazole rings is 1. The second kappa shape index (κ2) is 7.09. The van der Waals surface area contributed by atoms with E-state index < -0.39 is 0 Å². The van der Waals surface area contributed by atoms with Crippen molar-refractivity contribution >= 4 is 28.3 Å². The van der Waals surface area contributed by atoms with Crippen LogP contribution in [0.4, 0.5) is 5.13 Å². The molecular weight excluding hydrogens is 350 g/mol. The molecule has 2 aromatic heterocycles. The number of carbonyl (C=O) groups is 2. The number of para-hydroxylation sites is 1. The molecule has 1 atom stereocenters. The van der Waals surface area contributed by atoms with Crippen LogP contribution in [-0.4, -0.2) is 33.1 Å². The van der Waals surface area contributed by atoms with E-state index in [0.29, 0.717) is 18.2 Å². The molecule has 8 heteroatoms. The minimum atomic E-state index is -0.358. The second-order valence-electron chi connectivity index (χ2n) is 6.02. The Kier molecular flexibility index (Phi) is 4.49. The van der Waals surface area contributed by atoms with E-state index in [1.54, 1.807) is 22.0 Å². The predicted octanol–water partition coefficient (Wildman–Crippen LogP) is 2.00. The second-order valence-corrected chi connectivity index (χ2v) is 6.89. The van der Waals surface area contributed by atoms with Crippen molar-refractivity contribution in [2.75, 3.05) is 11.4 Å². The molecule has 7 nitrogen and oxygen atoms in total. The van der Waals surface area contributed by atoms with Crippen LogP contribution in [0.25, 0.3) is 5.69 Å². The molecule has 4 rings (SSSR count). The SMILES string of the molecule is O=C(NCc1ccccc1-n1cccn1)C1CC(=O)N(c2nccs2)C1. The molecule has 3 heterocycles. The number of anilines is 1. The molecule has 1 aromatic carbocycles. The molecule has 0 saturated carbocycles. The number of hydrogen-bond acceptors (Lipinski definition) is 5. The first-order chi connectivity index (χ1) is 12.7. The number of nitrogens with one attached hydrogen (secondary N) is 1. The molecule has 132 valence electrons. The molecular formula is C18H17N5O2S. The van der Waals surface area contributed by atoms with Crippen LogP contribution >= 0.6 is 11.3 Å². The van der Waals surface area contributed by atoms with Gasteiger partial charge in [0.05, 0.1) is 11.6 Å². The maximum atomic E-state index is 12.5. The molecule has 26 heavy (non-hydrogen) atoms. The average molecular weight is 367 g/mol. The van der Waals surface area contributed by atoms with Crippen molar-refractivity contribution in [2.24, 2.45) is 5.92 Å². The van der Waals surface area contributed by atoms with Gasteiger partial charge in [-0.15, -0.1) is 11.3 Å². The van der Waals surface area contributed by atoms with E-state index in [1.165, 1.54) is 11.3 Å². The molecule has 0 aliphatic carbocycles. The first kappa shape index (κ1) is 16.5. The van der Waals surface area contributed by atoms with Gasteiger partial charge < -0.3 is 5.32 Å². The summed E-state index contributed by atoms with van der Waals surface area (Å²) in [5.41, 5.74) is 1.88. The van der Waals surface area contributed by atoms with Crippen LogP contribution in [0.5, 0.6) is 0 Å². The van der Waals surface area contributed by atoms with Crippen molar-refractivity contribution in [1.82, 2.24) is 20.1 Å². The fourth-order valence-electron chi connectivity index (χ4n) is 3.04. The number of rotatable bonds is 5. The Balaban J connectivity index is 1.42. The molecule has 0 bridgehead atoms. The maximum absolute atomic E-state index is 12.5. The maximum Gasteiger partial charge on any atom is 0.229 e. The van der Waals surface area contributed by atoms with Gasteiger partial charge in [-0.3, -0.25) is 14.5 Å². The molecule has 3 aromatic rings. The Morgan fingerprint density at radius 3 is 2.92 bits per heavy atom. The van der Waals surface area contributed by atoms with E-state index in [1.807, 2.05) is 41.9 Å². The highest BCUT2D eigenvalue weighted by Crippen LogP contribution is 2.26. The lowest BCUT2D eigenvalue weighted by Gasteiger charge is -2.14. The number of hydrogen-bond donors (Lipinski definition) is 1. The van der Waals surface area contributed by atoms with Gasteiger partial charge in [-0.1, -0.05) is 18.2 Å². The monoisotopic (exact) mass is 367 g/mol. The molecule has 2 amide bonds. The van der Waals surface area contributed by atoms with Gasteiger partial charge in [0.15, 0.2) is 5.13 Å². The van der Waals surface area contributed by atoms with Crippen LogP contribution in [0.2, 0.25) is 0 Å². The minimum absolute atomic E-state index is 0.0583. The normalized spacial score (nSPS) is 16.8. The minimum Gasteiger partial charge on any atom is -0.352 e. The van der Waals surface area contributed by atoms with E-state index in [9.17, 15) is 9.59 Å². The lowest BCUT2D eigenvalue weighted by Crippen LogP contribution is -2.32. The van der Waals surface area contributed by atoms with Gasteiger partial charge in [0.2, 0.25) is 11.8 Å². The number of amides is 2. The van der Waals surface area contributed by atoms with Crippen LogP contribution in [0.1, 0.15) is 12.0 Å². The molecule has 0 spiro atoms. The standard InChI is InChI=1S/C18H17N5O2S/c24-16-10-14(12-22(16)18-19-7-9-26-18)17(25)20-11-13-4-1-2-5-15(13)23-8-3-6-21-23/h1-9,14H,10-12H2,(H,20,25). The number of nitrogens with zero attached hydrogens (tertiary/aromatic N) is 4. The third-order valence-corrected chi connectivity index (χ3v) is 5.14. The molecule has 1 unspecified atom stereocenters. The summed E-state index contributed by atoms with van der Waals surface area (Å²) in [5.74, 6) is -0.534. The summed E-state index contributed by atoms with van der Waals surface area (Å²) in [6.07, 6.45) is 5.45. The lowest BCUT2D eigenvalue weighted by atomic mass is 10.1. The first-order valence-electron chi connectivity index (χ1n) is 8.28. The highest BCUT2D eigenvalue weighted by atomic mass is 32.1. The number of aromatic nitrogens is 3. The van der Waals surface area contributed by atoms with Gasteiger partial charge in [-0.2, -0.15) is 5.10 Å². The van der Waals surface area contributed by atoms with Gasteiger partial charge in [-0.05, 0) is 17.7 Å². The zero-order chi connectivity index (χ0) is 17.9. The van der Waals surface area contributed by atoms with Crippen molar-refractivity contribution in [2.45, 2.75) is 13.0 Å². The highest BCUT2D eigenvalue weighted by molar-refractivity contribution is 7.13. The summed E-state index contributed by atoms with van der Waals surface area (Å²) < 4.78 is 1.77. The van der Waals surface area contributed by atoms with Crippen LogP contribution in [0.15, 0.2) is 54.3 Å². The molecule has 1 aliphatic heterocycles. The topological polar surface area (TPSA) is 80.1 Å². The van der Waals surface area contributed by atoms with Gasteiger partial charge in [0.1, 0.15) is 0 Å². The van der Waals surface area contributed by atoms with Crippen molar-refractivity contribution in [3.05, 3.63) is 59.9 Å². The molecule has 1 aliphatic rings. The zero-order valence-corrected chi connectivity index (χ0v) is 14.7. The third kappa shape index (κ3) is 3.23. The van der Waals surface area contributed by atoms with Crippen LogP contribution < -0.4 is 10.2 Å². The summed E-state index contributed by atoms with van der Waals surface area (Å²) in [6.45, 7) is 0.760. The molecule has 1 fully saturated rings. The summed E-state index contributed by atoms with van der Waals surface area (Å²) in [6, 6.07) is 9.63. The Morgan fingerprint density at radius 1 is 1.27 bits per heavy atom. The molecule has 0 radical (unpaired) electrons. The fourth-order valence-corrected chi connectivity index (χ4v) is 3.71. The highest BCUT2D eigenvalue weighted by Gasteiger charge is 2.36. The predicted molar refractivity (Wildman–Crippen MR) is 98.0 cm³/mol. The molecule has 1 saturated heterocycles. The van der Waals surface area contributed by atoms with Crippen molar-refractivity contribution in [3.8, 4) is 5.69 Å². The van der Waals surface area contributed by atoms with E-state index in [-0.39, 0.29) is 24.2 Å². The fraction of sp³-hybridized carbons (Fsp3) is 0.222. The zero-order valence-electron chi connectivity index (χ0n) is 13.9.